The summed E-state index contributed by atoms with van der Waals surface area (Å²) >= 11 is 7.97. The standard InChI is InChI=1S/C8H14O4S2.2CH3.Sn/c9-7(1-5-13)11-3-4-12-8(10)2-6-14;;;/h13-14H,1-6H2;2*1H3;. The summed E-state index contributed by atoms with van der Waals surface area (Å²) in [7, 11) is 0. The van der Waals surface area contributed by atoms with Gasteiger partial charge in [0.15, 0.2) is 0 Å². The van der Waals surface area contributed by atoms with Gasteiger partial charge in [-0.25, -0.2) is 0 Å². The predicted octanol–water partition coefficient (Wildman–Crippen LogP) is 1.50. The van der Waals surface area contributed by atoms with Gasteiger partial charge in [-0.2, -0.15) is 25.3 Å². The molecule has 0 heterocycles. The zero-order chi connectivity index (χ0) is 13.5. The Bertz CT molecular complexity index is 183. The SMILES string of the molecule is O=C(CCS)OCCOC(=O)CCS.[CH3][Sn][CH3]. The molecule has 100 valence electrons. The van der Waals surface area contributed by atoms with E-state index in [9.17, 15) is 9.59 Å². The van der Waals surface area contributed by atoms with Crippen molar-refractivity contribution in [2.75, 3.05) is 24.7 Å². The van der Waals surface area contributed by atoms with Crippen molar-refractivity contribution < 1.29 is 19.1 Å². The third-order valence-corrected chi connectivity index (χ3v) is 1.69. The van der Waals surface area contributed by atoms with Crippen LogP contribution in [-0.2, 0) is 19.1 Å². The van der Waals surface area contributed by atoms with Gasteiger partial charge in [0.2, 0.25) is 0 Å². The van der Waals surface area contributed by atoms with Crippen LogP contribution in [0, 0.1) is 0 Å². The molecule has 0 aromatic carbocycles. The summed E-state index contributed by atoms with van der Waals surface area (Å²) in [4.78, 5) is 26.2. The molecule has 0 aromatic heterocycles. The Morgan fingerprint density at radius 3 is 1.47 bits per heavy atom. The fourth-order valence-corrected chi connectivity index (χ4v) is 1.00. The molecule has 7 heteroatoms. The number of ether oxygens (including phenoxy) is 2. The van der Waals surface area contributed by atoms with Crippen LogP contribution in [0.4, 0.5) is 0 Å². The van der Waals surface area contributed by atoms with Gasteiger partial charge in [-0.15, -0.1) is 0 Å². The number of rotatable bonds is 7. The fraction of sp³-hybridized carbons (Fsp3) is 0.800. The molecule has 0 rings (SSSR count). The monoisotopic (exact) mass is 388 g/mol. The Morgan fingerprint density at radius 2 is 1.24 bits per heavy atom. The van der Waals surface area contributed by atoms with E-state index in [2.05, 4.69) is 35.1 Å². The molecule has 0 saturated carbocycles. The van der Waals surface area contributed by atoms with Crippen LogP contribution < -0.4 is 0 Å². The summed E-state index contributed by atoms with van der Waals surface area (Å²) in [5, 5.41) is 0. The number of carbonyl (C=O) groups excluding carboxylic acids is 2. The van der Waals surface area contributed by atoms with Gasteiger partial charge in [0, 0.05) is 11.5 Å². The van der Waals surface area contributed by atoms with Crippen LogP contribution in [0.1, 0.15) is 12.8 Å². The van der Waals surface area contributed by atoms with Crippen LogP contribution in [-0.4, -0.2) is 57.8 Å². The van der Waals surface area contributed by atoms with E-state index in [1.54, 1.807) is 0 Å². The average molecular weight is 387 g/mol. The average Bonchev–Trinajstić information content (AvgIpc) is 2.26. The van der Waals surface area contributed by atoms with Crippen LogP contribution in [0.3, 0.4) is 0 Å². The van der Waals surface area contributed by atoms with Gasteiger partial charge in [-0.05, 0) is 0 Å². The second-order valence-electron chi connectivity index (χ2n) is 2.89. The molecule has 4 nitrogen and oxygen atoms in total. The van der Waals surface area contributed by atoms with Crippen LogP contribution in [0.5, 0.6) is 0 Å². The van der Waals surface area contributed by atoms with Crippen LogP contribution in [0.25, 0.3) is 0 Å². The van der Waals surface area contributed by atoms with E-state index in [4.69, 9.17) is 9.47 Å². The first-order valence-corrected chi connectivity index (χ1v) is 12.2. The van der Waals surface area contributed by atoms with E-state index >= 15 is 0 Å². The van der Waals surface area contributed by atoms with Crippen molar-refractivity contribution in [1.82, 2.24) is 0 Å². The third kappa shape index (κ3) is 19.0. The molecule has 0 amide bonds. The van der Waals surface area contributed by atoms with E-state index < -0.39 is 0 Å². The number of esters is 2. The first-order chi connectivity index (χ1) is 8.12. The normalized spacial score (nSPS) is 8.94. The Labute approximate surface area is 124 Å². The van der Waals surface area contributed by atoms with Gasteiger partial charge < -0.3 is 9.47 Å². The number of carbonyl (C=O) groups is 2. The summed E-state index contributed by atoms with van der Waals surface area (Å²) in [6.07, 6.45) is 0.543. The molecule has 0 saturated heterocycles. The second kappa shape index (κ2) is 16.4. The Morgan fingerprint density at radius 1 is 0.941 bits per heavy atom. The molecular weight excluding hydrogens is 367 g/mol. The molecule has 0 aromatic rings. The molecule has 0 fully saturated rings. The predicted molar refractivity (Wildman–Crippen MR) is 76.3 cm³/mol. The minimum atomic E-state index is -0.328. The van der Waals surface area contributed by atoms with E-state index in [1.807, 2.05) is 0 Å². The van der Waals surface area contributed by atoms with E-state index in [0.717, 1.165) is 0 Å². The molecule has 0 spiro atoms. The molecule has 0 aliphatic carbocycles. The molecule has 2 radical (unpaired) electrons. The first-order valence-electron chi connectivity index (χ1n) is 5.23. The van der Waals surface area contributed by atoms with E-state index in [-0.39, 0.29) is 59.1 Å². The Kier molecular flexibility index (Phi) is 19.1. The number of thiol groups is 2. The maximum atomic E-state index is 10.8. The molecule has 0 bridgehead atoms. The first kappa shape index (κ1) is 19.8. The van der Waals surface area contributed by atoms with Crippen molar-refractivity contribution >= 4 is 58.3 Å². The minimum absolute atomic E-state index is 0.102. The van der Waals surface area contributed by atoms with Crippen LogP contribution in [0.2, 0.25) is 9.88 Å². The number of hydrogen-bond donors (Lipinski definition) is 2. The van der Waals surface area contributed by atoms with Gasteiger partial charge >= 0.3 is 43.0 Å². The van der Waals surface area contributed by atoms with Crippen molar-refractivity contribution in [2.24, 2.45) is 0 Å². The topological polar surface area (TPSA) is 52.6 Å². The molecule has 0 aliphatic rings. The quantitative estimate of drug-likeness (QED) is 0.301. The number of hydrogen-bond acceptors (Lipinski definition) is 6. The van der Waals surface area contributed by atoms with Crippen molar-refractivity contribution in [3.05, 3.63) is 0 Å². The van der Waals surface area contributed by atoms with E-state index in [1.165, 1.54) is 0 Å². The Hall–Kier alpha value is 0.439. The van der Waals surface area contributed by atoms with Crippen molar-refractivity contribution in [3.8, 4) is 0 Å². The molecule has 0 N–H and O–H groups in total. The summed E-state index contributed by atoms with van der Waals surface area (Å²) in [5.74, 6) is 0.256. The molecule has 0 atom stereocenters. The van der Waals surface area contributed by atoms with Crippen molar-refractivity contribution in [1.29, 1.82) is 0 Å². The van der Waals surface area contributed by atoms with Crippen molar-refractivity contribution in [2.45, 2.75) is 22.7 Å². The Balaban J connectivity index is 0. The van der Waals surface area contributed by atoms with Gasteiger partial charge in [0.1, 0.15) is 13.2 Å². The van der Waals surface area contributed by atoms with Gasteiger partial charge in [0.05, 0.1) is 12.8 Å². The zero-order valence-electron chi connectivity index (χ0n) is 10.3. The zero-order valence-corrected chi connectivity index (χ0v) is 14.9. The van der Waals surface area contributed by atoms with Gasteiger partial charge in [-0.3, -0.25) is 9.59 Å². The van der Waals surface area contributed by atoms with E-state index in [0.29, 0.717) is 11.5 Å². The second-order valence-corrected chi connectivity index (χ2v) is 6.64. The summed E-state index contributed by atoms with van der Waals surface area (Å²) in [6.45, 7) is 0.204. The summed E-state index contributed by atoms with van der Waals surface area (Å²) in [5.41, 5.74) is 0. The maximum absolute atomic E-state index is 10.8. The van der Waals surface area contributed by atoms with Crippen molar-refractivity contribution in [3.63, 3.8) is 0 Å². The van der Waals surface area contributed by atoms with Gasteiger partial charge in [-0.1, -0.05) is 0 Å². The van der Waals surface area contributed by atoms with Crippen LogP contribution >= 0.6 is 25.3 Å². The fourth-order valence-electron chi connectivity index (χ4n) is 0.638. The molecular formula is C10H20O4S2Sn. The molecule has 0 unspecified atom stereocenters. The third-order valence-electron chi connectivity index (χ3n) is 1.24. The summed E-state index contributed by atoms with van der Waals surface area (Å²) in [6, 6.07) is 0. The summed E-state index contributed by atoms with van der Waals surface area (Å²) < 4.78 is 9.45. The van der Waals surface area contributed by atoms with Crippen LogP contribution in [0.15, 0.2) is 0 Å². The molecule has 0 aliphatic heterocycles. The molecule has 17 heavy (non-hydrogen) atoms. The van der Waals surface area contributed by atoms with Gasteiger partial charge in [0.25, 0.3) is 0 Å².